The summed E-state index contributed by atoms with van der Waals surface area (Å²) < 4.78 is 10.5. The summed E-state index contributed by atoms with van der Waals surface area (Å²) in [4.78, 5) is 27.2. The van der Waals surface area contributed by atoms with Gasteiger partial charge in [0.1, 0.15) is 17.3 Å². The molecule has 6 nitrogen and oxygen atoms in total. The highest BCUT2D eigenvalue weighted by Gasteiger charge is 2.46. The van der Waals surface area contributed by atoms with Crippen molar-refractivity contribution in [3.63, 3.8) is 0 Å². The van der Waals surface area contributed by atoms with Crippen molar-refractivity contribution in [3.05, 3.63) is 94.4 Å². The minimum absolute atomic E-state index is 0.000936. The smallest absolute Gasteiger partial charge is 0.296 e. The van der Waals surface area contributed by atoms with Gasteiger partial charge in [0.25, 0.3) is 11.7 Å². The van der Waals surface area contributed by atoms with Gasteiger partial charge in [-0.1, -0.05) is 41.9 Å². The van der Waals surface area contributed by atoms with E-state index in [0.717, 1.165) is 0 Å². The molecule has 30 heavy (non-hydrogen) atoms. The molecule has 2 aromatic carbocycles. The number of furan rings is 1. The molecule has 1 aliphatic rings. The quantitative estimate of drug-likeness (QED) is 0.369. The molecule has 1 aromatic heterocycles. The first-order valence-corrected chi connectivity index (χ1v) is 9.58. The molecule has 152 valence electrons. The molecule has 3 aromatic rings. The number of ketones is 1. The maximum absolute atomic E-state index is 13.0. The topological polar surface area (TPSA) is 80.0 Å². The van der Waals surface area contributed by atoms with E-state index in [9.17, 15) is 14.7 Å². The van der Waals surface area contributed by atoms with Crippen LogP contribution in [0.5, 0.6) is 5.75 Å². The monoisotopic (exact) mass is 423 g/mol. The molecule has 1 N–H and O–H groups in total. The van der Waals surface area contributed by atoms with Crippen LogP contribution in [0, 0.1) is 0 Å². The van der Waals surface area contributed by atoms with Crippen molar-refractivity contribution in [1.82, 2.24) is 4.90 Å². The number of ether oxygens (including phenoxy) is 1. The lowest BCUT2D eigenvalue weighted by Crippen LogP contribution is -2.29. The zero-order valence-corrected chi connectivity index (χ0v) is 16.8. The first-order valence-electron chi connectivity index (χ1n) is 9.21. The number of hydrogen-bond acceptors (Lipinski definition) is 5. The van der Waals surface area contributed by atoms with Gasteiger partial charge in [0.2, 0.25) is 0 Å². The Morgan fingerprint density at radius 1 is 1.13 bits per heavy atom. The Kier molecular flexibility index (Phi) is 5.33. The van der Waals surface area contributed by atoms with Gasteiger partial charge in [-0.2, -0.15) is 0 Å². The van der Waals surface area contributed by atoms with Crippen molar-refractivity contribution < 1.29 is 23.8 Å². The predicted octanol–water partition coefficient (Wildman–Crippen LogP) is 4.56. The van der Waals surface area contributed by atoms with E-state index in [1.54, 1.807) is 36.4 Å². The first-order chi connectivity index (χ1) is 14.5. The van der Waals surface area contributed by atoms with Crippen molar-refractivity contribution in [2.75, 3.05) is 7.11 Å². The number of aliphatic hydroxyl groups is 1. The SMILES string of the molecule is COc1ccc(/C(O)=C2/C(=O)C(=O)N(Cc3ccco3)C2c2ccccc2)cc1Cl. The van der Waals surface area contributed by atoms with Gasteiger partial charge in [-0.05, 0) is 35.9 Å². The molecule has 7 heteroatoms. The van der Waals surface area contributed by atoms with Gasteiger partial charge >= 0.3 is 0 Å². The number of nitrogens with zero attached hydrogens (tertiary/aromatic N) is 1. The maximum atomic E-state index is 13.0. The summed E-state index contributed by atoms with van der Waals surface area (Å²) in [6, 6.07) is 16.4. The number of hydrogen-bond donors (Lipinski definition) is 1. The Labute approximate surface area is 177 Å². The lowest BCUT2D eigenvalue weighted by atomic mass is 9.95. The Hall–Kier alpha value is -3.51. The lowest BCUT2D eigenvalue weighted by Gasteiger charge is -2.24. The summed E-state index contributed by atoms with van der Waals surface area (Å²) >= 11 is 6.19. The van der Waals surface area contributed by atoms with E-state index in [1.165, 1.54) is 24.3 Å². The predicted molar refractivity (Wildman–Crippen MR) is 111 cm³/mol. The summed E-state index contributed by atoms with van der Waals surface area (Å²) in [7, 11) is 1.48. The Morgan fingerprint density at radius 2 is 1.90 bits per heavy atom. The summed E-state index contributed by atoms with van der Waals surface area (Å²) in [5, 5.41) is 11.3. The van der Waals surface area contributed by atoms with Gasteiger partial charge < -0.3 is 19.2 Å². The van der Waals surface area contributed by atoms with Crippen molar-refractivity contribution in [2.24, 2.45) is 0 Å². The molecule has 0 bridgehead atoms. The summed E-state index contributed by atoms with van der Waals surface area (Å²) in [6.45, 7) is 0.0945. The number of benzene rings is 2. The van der Waals surface area contributed by atoms with E-state index in [0.29, 0.717) is 22.6 Å². The summed E-state index contributed by atoms with van der Waals surface area (Å²) in [6.07, 6.45) is 1.50. The van der Waals surface area contributed by atoms with Gasteiger partial charge in [0.15, 0.2) is 0 Å². The molecule has 4 rings (SSSR count). The van der Waals surface area contributed by atoms with Crippen LogP contribution in [0.4, 0.5) is 0 Å². The van der Waals surface area contributed by atoms with E-state index in [1.807, 2.05) is 18.2 Å². The van der Waals surface area contributed by atoms with Crippen LogP contribution in [-0.2, 0) is 16.1 Å². The highest BCUT2D eigenvalue weighted by molar-refractivity contribution is 6.46. The Bertz CT molecular complexity index is 1120. The molecule has 0 radical (unpaired) electrons. The fourth-order valence-electron chi connectivity index (χ4n) is 3.56. The molecule has 1 unspecified atom stereocenters. The molecular formula is C23H18ClNO5. The third kappa shape index (κ3) is 3.46. The average Bonchev–Trinajstić information content (AvgIpc) is 3.36. The molecule has 0 spiro atoms. The second-order valence-electron chi connectivity index (χ2n) is 6.77. The summed E-state index contributed by atoms with van der Waals surface area (Å²) in [5.41, 5.74) is 1.01. The van der Waals surface area contributed by atoms with E-state index >= 15 is 0 Å². The molecular weight excluding hydrogens is 406 g/mol. The highest BCUT2D eigenvalue weighted by atomic mass is 35.5. The number of aliphatic hydroxyl groups excluding tert-OH is 1. The van der Waals surface area contributed by atoms with E-state index < -0.39 is 17.7 Å². The first kappa shape index (κ1) is 19.8. The minimum Gasteiger partial charge on any atom is -0.507 e. The lowest BCUT2D eigenvalue weighted by molar-refractivity contribution is -0.140. The van der Waals surface area contributed by atoms with Crippen molar-refractivity contribution in [3.8, 4) is 5.75 Å². The molecule has 1 saturated heterocycles. The maximum Gasteiger partial charge on any atom is 0.296 e. The Balaban J connectivity index is 1.85. The standard InChI is InChI=1S/C23H18ClNO5/c1-29-18-10-9-15(12-17(18)24)21(26)19-20(14-6-3-2-4-7-14)25(23(28)22(19)27)13-16-8-5-11-30-16/h2-12,20,26H,13H2,1H3/b21-19-. The number of methoxy groups -OCH3 is 1. The zero-order chi connectivity index (χ0) is 21.3. The zero-order valence-electron chi connectivity index (χ0n) is 16.0. The minimum atomic E-state index is -0.767. The van der Waals surface area contributed by atoms with E-state index in [4.69, 9.17) is 20.8 Å². The largest absolute Gasteiger partial charge is 0.507 e. The third-order valence-electron chi connectivity index (χ3n) is 4.99. The molecule has 0 saturated carbocycles. The van der Waals surface area contributed by atoms with Crippen LogP contribution in [0.3, 0.4) is 0 Å². The van der Waals surface area contributed by atoms with E-state index in [-0.39, 0.29) is 22.9 Å². The molecule has 2 heterocycles. The van der Waals surface area contributed by atoms with Crippen molar-refractivity contribution in [1.29, 1.82) is 0 Å². The van der Waals surface area contributed by atoms with Crippen LogP contribution in [-0.4, -0.2) is 28.8 Å². The van der Waals surface area contributed by atoms with Gasteiger partial charge in [-0.15, -0.1) is 0 Å². The fourth-order valence-corrected chi connectivity index (χ4v) is 3.82. The number of rotatable bonds is 5. The van der Waals surface area contributed by atoms with Gasteiger partial charge in [0.05, 0.1) is 36.6 Å². The number of halogens is 1. The number of Topliss-reactive ketones (excluding diaryl/α,β-unsaturated/α-hetero) is 1. The second-order valence-corrected chi connectivity index (χ2v) is 7.17. The fraction of sp³-hybridized carbons (Fsp3) is 0.130. The molecule has 0 aliphatic carbocycles. The molecule has 1 amide bonds. The Morgan fingerprint density at radius 3 is 2.53 bits per heavy atom. The van der Waals surface area contributed by atoms with Crippen LogP contribution in [0.1, 0.15) is 22.9 Å². The van der Waals surface area contributed by atoms with Crippen molar-refractivity contribution in [2.45, 2.75) is 12.6 Å². The normalized spacial score (nSPS) is 18.1. The number of carbonyl (C=O) groups is 2. The van der Waals surface area contributed by atoms with Crippen LogP contribution < -0.4 is 4.74 Å². The molecule has 1 aliphatic heterocycles. The van der Waals surface area contributed by atoms with Crippen molar-refractivity contribution >= 4 is 29.1 Å². The molecule has 1 atom stereocenters. The average molecular weight is 424 g/mol. The number of likely N-dealkylation sites (tertiary alicyclic amines) is 1. The van der Waals surface area contributed by atoms with Crippen LogP contribution in [0.25, 0.3) is 5.76 Å². The van der Waals surface area contributed by atoms with Gasteiger partial charge in [-0.25, -0.2) is 0 Å². The van der Waals surface area contributed by atoms with Crippen LogP contribution in [0.2, 0.25) is 5.02 Å². The number of amides is 1. The third-order valence-corrected chi connectivity index (χ3v) is 5.28. The number of carbonyl (C=O) groups excluding carboxylic acids is 2. The molecule has 1 fully saturated rings. The highest BCUT2D eigenvalue weighted by Crippen LogP contribution is 2.41. The van der Waals surface area contributed by atoms with Gasteiger partial charge in [0, 0.05) is 5.56 Å². The van der Waals surface area contributed by atoms with Gasteiger partial charge in [-0.3, -0.25) is 9.59 Å². The van der Waals surface area contributed by atoms with E-state index in [2.05, 4.69) is 0 Å². The summed E-state index contributed by atoms with van der Waals surface area (Å²) in [5.74, 6) is -0.800. The van der Waals surface area contributed by atoms with Crippen LogP contribution >= 0.6 is 11.6 Å². The van der Waals surface area contributed by atoms with Crippen LogP contribution in [0.15, 0.2) is 76.9 Å². The second kappa shape index (κ2) is 8.08.